The van der Waals surface area contributed by atoms with Crippen molar-refractivity contribution in [2.24, 2.45) is 5.10 Å². The smallest absolute Gasteiger partial charge is 0.275 e. The van der Waals surface area contributed by atoms with Crippen molar-refractivity contribution in [1.29, 1.82) is 0 Å². The summed E-state index contributed by atoms with van der Waals surface area (Å²) in [4.78, 5) is 13.5. The molecule has 0 atom stereocenters. The molecule has 0 aliphatic heterocycles. The molecule has 4 aromatic carbocycles. The van der Waals surface area contributed by atoms with Gasteiger partial charge < -0.3 is 4.42 Å². The molecule has 8 heteroatoms. The van der Waals surface area contributed by atoms with Crippen LogP contribution in [0, 0.1) is 0 Å². The Balaban J connectivity index is 1.22. The summed E-state index contributed by atoms with van der Waals surface area (Å²) in [6.45, 7) is 0. The van der Waals surface area contributed by atoms with Gasteiger partial charge in [0.15, 0.2) is 5.76 Å². The molecule has 1 N–H and O–H groups in total. The van der Waals surface area contributed by atoms with Crippen LogP contribution in [-0.2, 0) is 0 Å². The predicted molar refractivity (Wildman–Crippen MR) is 163 cm³/mol. The summed E-state index contributed by atoms with van der Waals surface area (Å²) >= 11 is 0. The number of hydrogen-bond donors (Lipinski definition) is 1. The van der Waals surface area contributed by atoms with Gasteiger partial charge in [-0.25, -0.2) is 14.8 Å². The molecular weight excluding hydrogens is 524 g/mol. The number of furan rings is 1. The zero-order chi connectivity index (χ0) is 28.3. The summed E-state index contributed by atoms with van der Waals surface area (Å²) in [6.07, 6.45) is 5.16. The lowest BCUT2D eigenvalue weighted by atomic mass is 10.1. The summed E-state index contributed by atoms with van der Waals surface area (Å²) in [6, 6.07) is 38.8. The van der Waals surface area contributed by atoms with Gasteiger partial charge in [-0.3, -0.25) is 4.79 Å². The molecule has 0 bridgehead atoms. The Labute approximate surface area is 241 Å². The normalized spacial score (nSPS) is 11.3. The minimum absolute atomic E-state index is 0.381. The largest absolute Gasteiger partial charge is 0.454 e. The molecule has 0 spiro atoms. The fraction of sp³-hybridized carbons (Fsp3) is 0. The fourth-order valence-electron chi connectivity index (χ4n) is 4.77. The fourth-order valence-corrected chi connectivity index (χ4v) is 4.77. The van der Waals surface area contributed by atoms with Crippen LogP contribution in [0.15, 0.2) is 143 Å². The Hall–Kier alpha value is -6.02. The molecule has 0 unspecified atom stereocenters. The SMILES string of the molecule is O=C(NN=Cc1cn(-c2ccccc2)nc1-c1cc2ccccc2o1)c1cn(-c2ccccc2)nc1-c1ccccc1. The maximum Gasteiger partial charge on any atom is 0.275 e. The Morgan fingerprint density at radius 3 is 2.00 bits per heavy atom. The molecule has 1 amide bonds. The van der Waals surface area contributed by atoms with E-state index in [-0.39, 0.29) is 5.91 Å². The Bertz CT molecular complexity index is 1990. The number of nitrogens with zero attached hydrogens (tertiary/aromatic N) is 5. The van der Waals surface area contributed by atoms with Gasteiger partial charge in [0, 0.05) is 28.9 Å². The molecule has 0 radical (unpaired) electrons. The highest BCUT2D eigenvalue weighted by Gasteiger charge is 2.19. The Morgan fingerprint density at radius 1 is 0.714 bits per heavy atom. The minimum atomic E-state index is -0.381. The number of benzene rings is 4. The van der Waals surface area contributed by atoms with Crippen LogP contribution >= 0.6 is 0 Å². The van der Waals surface area contributed by atoms with E-state index in [4.69, 9.17) is 14.6 Å². The van der Waals surface area contributed by atoms with Gasteiger partial charge in [0.2, 0.25) is 0 Å². The van der Waals surface area contributed by atoms with Crippen LogP contribution in [0.25, 0.3) is 45.1 Å². The van der Waals surface area contributed by atoms with Crippen molar-refractivity contribution in [3.8, 4) is 34.1 Å². The van der Waals surface area contributed by atoms with Gasteiger partial charge in [0.25, 0.3) is 5.91 Å². The zero-order valence-corrected chi connectivity index (χ0v) is 22.3. The summed E-state index contributed by atoms with van der Waals surface area (Å²) < 4.78 is 9.58. The van der Waals surface area contributed by atoms with Gasteiger partial charge >= 0.3 is 0 Å². The van der Waals surface area contributed by atoms with Gasteiger partial charge in [0.1, 0.15) is 17.0 Å². The van der Waals surface area contributed by atoms with E-state index in [2.05, 4.69) is 10.5 Å². The summed E-state index contributed by atoms with van der Waals surface area (Å²) in [5.74, 6) is 0.224. The first-order valence-corrected chi connectivity index (χ1v) is 13.4. The van der Waals surface area contributed by atoms with Crippen LogP contribution in [0.5, 0.6) is 0 Å². The third-order valence-corrected chi connectivity index (χ3v) is 6.82. The van der Waals surface area contributed by atoms with Crippen LogP contribution in [-0.4, -0.2) is 31.7 Å². The lowest BCUT2D eigenvalue weighted by Crippen LogP contribution is -2.18. The lowest BCUT2D eigenvalue weighted by Gasteiger charge is -2.01. The van der Waals surface area contributed by atoms with Crippen molar-refractivity contribution in [1.82, 2.24) is 25.0 Å². The Morgan fingerprint density at radius 2 is 1.31 bits per heavy atom. The highest BCUT2D eigenvalue weighted by molar-refractivity contribution is 6.00. The third-order valence-electron chi connectivity index (χ3n) is 6.82. The third kappa shape index (κ3) is 4.89. The average Bonchev–Trinajstić information content (AvgIpc) is 3.79. The maximum atomic E-state index is 13.5. The molecule has 42 heavy (non-hydrogen) atoms. The first-order chi connectivity index (χ1) is 20.7. The monoisotopic (exact) mass is 548 g/mol. The van der Waals surface area contributed by atoms with Gasteiger partial charge in [-0.15, -0.1) is 0 Å². The van der Waals surface area contributed by atoms with Crippen LogP contribution in [0.4, 0.5) is 0 Å². The predicted octanol–water partition coefficient (Wildman–Crippen LogP) is 6.90. The number of aromatic nitrogens is 4. The zero-order valence-electron chi connectivity index (χ0n) is 22.3. The molecule has 3 heterocycles. The van der Waals surface area contributed by atoms with Crippen LogP contribution in [0.2, 0.25) is 0 Å². The molecule has 3 aromatic heterocycles. The number of hydrazone groups is 1. The lowest BCUT2D eigenvalue weighted by molar-refractivity contribution is 0.0955. The molecule has 8 nitrogen and oxygen atoms in total. The number of amides is 1. The second-order valence-electron chi connectivity index (χ2n) is 9.60. The minimum Gasteiger partial charge on any atom is -0.454 e. The van der Waals surface area contributed by atoms with Crippen LogP contribution in [0.3, 0.4) is 0 Å². The maximum absolute atomic E-state index is 13.5. The number of rotatable bonds is 7. The van der Waals surface area contributed by atoms with Crippen molar-refractivity contribution in [3.05, 3.63) is 145 Å². The van der Waals surface area contributed by atoms with E-state index in [0.717, 1.165) is 27.9 Å². The summed E-state index contributed by atoms with van der Waals surface area (Å²) in [7, 11) is 0. The van der Waals surface area contributed by atoms with Crippen molar-refractivity contribution in [3.63, 3.8) is 0 Å². The van der Waals surface area contributed by atoms with Gasteiger partial charge in [-0.2, -0.15) is 15.3 Å². The highest BCUT2D eigenvalue weighted by atomic mass is 16.3. The number of para-hydroxylation sites is 3. The molecule has 0 aliphatic carbocycles. The standard InChI is InChI=1S/C34H24N6O2/c41-34(29-23-40(28-17-8-3-9-18-28)37-32(29)24-12-4-1-5-13-24)36-35-21-26-22-39(27-15-6-2-7-16-27)38-33(26)31-20-25-14-10-11-19-30(25)42-31/h1-23H,(H,36,41). The molecule has 202 valence electrons. The van der Waals surface area contributed by atoms with Crippen molar-refractivity contribution in [2.75, 3.05) is 0 Å². The topological polar surface area (TPSA) is 90.2 Å². The van der Waals surface area contributed by atoms with E-state index in [9.17, 15) is 4.79 Å². The molecule has 0 saturated heterocycles. The molecule has 7 aromatic rings. The van der Waals surface area contributed by atoms with E-state index in [1.54, 1.807) is 21.8 Å². The Kier molecular flexibility index (Phi) is 6.46. The van der Waals surface area contributed by atoms with Crippen LogP contribution < -0.4 is 5.43 Å². The van der Waals surface area contributed by atoms with E-state index >= 15 is 0 Å². The van der Waals surface area contributed by atoms with Crippen molar-refractivity contribution in [2.45, 2.75) is 0 Å². The van der Waals surface area contributed by atoms with E-state index in [1.807, 2.05) is 128 Å². The quantitative estimate of drug-likeness (QED) is 0.173. The second kappa shape index (κ2) is 10.9. The van der Waals surface area contributed by atoms with Crippen LogP contribution in [0.1, 0.15) is 15.9 Å². The first-order valence-electron chi connectivity index (χ1n) is 13.4. The van der Waals surface area contributed by atoms with Gasteiger partial charge in [-0.1, -0.05) is 84.9 Å². The molecule has 7 rings (SSSR count). The number of carbonyl (C=O) groups is 1. The summed E-state index contributed by atoms with van der Waals surface area (Å²) in [5, 5.41) is 14.8. The molecular formula is C34H24N6O2. The molecule has 0 aliphatic rings. The molecule has 0 fully saturated rings. The second-order valence-corrected chi connectivity index (χ2v) is 9.60. The van der Waals surface area contributed by atoms with Gasteiger partial charge in [-0.05, 0) is 36.4 Å². The number of nitrogens with one attached hydrogen (secondary N) is 1. The van der Waals surface area contributed by atoms with E-state index in [1.165, 1.54) is 0 Å². The number of hydrogen-bond acceptors (Lipinski definition) is 5. The van der Waals surface area contributed by atoms with Crippen molar-refractivity contribution >= 4 is 23.1 Å². The van der Waals surface area contributed by atoms with E-state index < -0.39 is 0 Å². The van der Waals surface area contributed by atoms with Gasteiger partial charge in [0.05, 0.1) is 23.2 Å². The number of carbonyl (C=O) groups excluding carboxylic acids is 1. The van der Waals surface area contributed by atoms with E-state index in [0.29, 0.717) is 28.3 Å². The summed E-state index contributed by atoms with van der Waals surface area (Å²) in [5.41, 5.74) is 8.27. The molecule has 0 saturated carbocycles. The number of fused-ring (bicyclic) bond motifs is 1. The highest BCUT2D eigenvalue weighted by Crippen LogP contribution is 2.29. The first kappa shape index (κ1) is 25.0. The average molecular weight is 549 g/mol. The van der Waals surface area contributed by atoms with Crippen molar-refractivity contribution < 1.29 is 9.21 Å².